The highest BCUT2D eigenvalue weighted by molar-refractivity contribution is 7.89. The summed E-state index contributed by atoms with van der Waals surface area (Å²) in [5.41, 5.74) is 2.55. The van der Waals surface area contributed by atoms with E-state index < -0.39 is 10.0 Å². The largest absolute Gasteiger partial charge is 0.341 e. The smallest absolute Gasteiger partial charge is 0.244 e. The number of carbonyl (C=O) groups is 1. The predicted molar refractivity (Wildman–Crippen MR) is 124 cm³/mol. The molecule has 0 saturated carbocycles. The Morgan fingerprint density at radius 1 is 1.09 bits per heavy atom. The lowest BCUT2D eigenvalue weighted by Crippen LogP contribution is -2.43. The zero-order valence-electron chi connectivity index (χ0n) is 19.2. The van der Waals surface area contributed by atoms with Crippen LogP contribution in [-0.4, -0.2) is 43.7 Å². The fourth-order valence-corrected chi connectivity index (χ4v) is 5.65. The van der Waals surface area contributed by atoms with E-state index in [1.165, 1.54) is 22.0 Å². The van der Waals surface area contributed by atoms with Crippen LogP contribution in [0.25, 0.3) is 0 Å². The number of benzene rings is 2. The van der Waals surface area contributed by atoms with Crippen molar-refractivity contribution in [1.82, 2.24) is 9.21 Å². The molecule has 0 atom stereocenters. The fraction of sp³-hybridized carbons (Fsp3) is 0.440. The summed E-state index contributed by atoms with van der Waals surface area (Å²) in [6, 6.07) is 16.5. The van der Waals surface area contributed by atoms with Crippen LogP contribution in [0.4, 0.5) is 0 Å². The van der Waals surface area contributed by atoms with Crippen LogP contribution in [0.2, 0.25) is 0 Å². The Labute approximate surface area is 191 Å². The molecule has 1 amide bonds. The third-order valence-corrected chi connectivity index (χ3v) is 8.00. The highest BCUT2D eigenvalue weighted by atomic mass is 32.2. The molecule has 0 aliphatic carbocycles. The summed E-state index contributed by atoms with van der Waals surface area (Å²) in [5.74, 6) is -0.161. The Morgan fingerprint density at radius 2 is 1.69 bits per heavy atom. The maximum Gasteiger partial charge on any atom is 0.244 e. The average Bonchev–Trinajstić information content (AvgIpc) is 2.78. The average molecular weight is 454 g/mol. The second kappa shape index (κ2) is 9.43. The molecule has 1 saturated heterocycles. The molecule has 2 aromatic rings. The van der Waals surface area contributed by atoms with Crippen molar-refractivity contribution in [2.75, 3.05) is 20.1 Å². The van der Waals surface area contributed by atoms with Gasteiger partial charge in [0.25, 0.3) is 0 Å². The lowest BCUT2D eigenvalue weighted by molar-refractivity contribution is -0.135. The summed E-state index contributed by atoms with van der Waals surface area (Å²) in [7, 11) is -1.96. The zero-order chi connectivity index (χ0) is 23.5. The molecule has 32 heavy (non-hydrogen) atoms. The van der Waals surface area contributed by atoms with Crippen molar-refractivity contribution in [2.24, 2.45) is 5.92 Å². The molecule has 6 nitrogen and oxygen atoms in total. The van der Waals surface area contributed by atoms with Gasteiger partial charge < -0.3 is 4.90 Å². The molecule has 0 radical (unpaired) electrons. The van der Waals surface area contributed by atoms with Gasteiger partial charge in [0, 0.05) is 32.6 Å². The first-order valence-corrected chi connectivity index (χ1v) is 12.3. The maximum atomic E-state index is 13.0. The molecule has 1 aliphatic heterocycles. The number of rotatable bonds is 5. The molecule has 1 aliphatic rings. The minimum atomic E-state index is -3.75. The van der Waals surface area contributed by atoms with E-state index in [4.69, 9.17) is 0 Å². The Bertz CT molecular complexity index is 1100. The summed E-state index contributed by atoms with van der Waals surface area (Å²) >= 11 is 0. The van der Waals surface area contributed by atoms with Crippen molar-refractivity contribution in [1.29, 1.82) is 5.26 Å². The fourth-order valence-electron chi connectivity index (χ4n) is 4.04. The van der Waals surface area contributed by atoms with Crippen LogP contribution in [-0.2, 0) is 26.8 Å². The van der Waals surface area contributed by atoms with E-state index in [0.29, 0.717) is 19.4 Å². The molecule has 170 valence electrons. The summed E-state index contributed by atoms with van der Waals surface area (Å²) < 4.78 is 27.4. The van der Waals surface area contributed by atoms with Crippen molar-refractivity contribution in [3.05, 3.63) is 65.2 Å². The van der Waals surface area contributed by atoms with Gasteiger partial charge in [-0.3, -0.25) is 4.79 Å². The molecule has 7 heteroatoms. The Balaban J connectivity index is 1.61. The predicted octanol–water partition coefficient (Wildman–Crippen LogP) is 3.92. The van der Waals surface area contributed by atoms with Gasteiger partial charge in [-0.15, -0.1) is 0 Å². The van der Waals surface area contributed by atoms with Gasteiger partial charge in [0.15, 0.2) is 0 Å². The highest BCUT2D eigenvalue weighted by Crippen LogP contribution is 2.27. The summed E-state index contributed by atoms with van der Waals surface area (Å²) in [4.78, 5) is 14.7. The Morgan fingerprint density at radius 3 is 2.25 bits per heavy atom. The lowest BCUT2D eigenvalue weighted by Gasteiger charge is -2.32. The van der Waals surface area contributed by atoms with Crippen LogP contribution in [0, 0.1) is 17.2 Å². The monoisotopic (exact) mass is 453 g/mol. The second-order valence-electron chi connectivity index (χ2n) is 9.43. The number of piperidine rings is 1. The van der Waals surface area contributed by atoms with E-state index in [-0.39, 0.29) is 40.8 Å². The van der Waals surface area contributed by atoms with Gasteiger partial charge in [0.2, 0.25) is 15.9 Å². The first kappa shape index (κ1) is 24.0. The van der Waals surface area contributed by atoms with E-state index in [2.05, 4.69) is 45.0 Å². The van der Waals surface area contributed by atoms with Crippen LogP contribution >= 0.6 is 0 Å². The molecular formula is C25H31N3O3S. The third kappa shape index (κ3) is 5.20. The van der Waals surface area contributed by atoms with Crippen molar-refractivity contribution in [3.8, 4) is 6.07 Å². The molecule has 3 rings (SSSR count). The van der Waals surface area contributed by atoms with Gasteiger partial charge in [0.05, 0.1) is 10.5 Å². The molecule has 1 heterocycles. The number of sulfonamides is 1. The van der Waals surface area contributed by atoms with Crippen molar-refractivity contribution < 1.29 is 13.2 Å². The summed E-state index contributed by atoms with van der Waals surface area (Å²) in [6.07, 6.45) is 0.945. The molecule has 1 fully saturated rings. The Kier molecular flexibility index (Phi) is 7.06. The van der Waals surface area contributed by atoms with Crippen LogP contribution in [0.3, 0.4) is 0 Å². The molecule has 2 aromatic carbocycles. The van der Waals surface area contributed by atoms with Gasteiger partial charge in [-0.05, 0) is 41.5 Å². The minimum absolute atomic E-state index is 0.0306. The standard InChI is InChI=1S/C25H31N3O3S/c1-25(2,3)22-11-9-19(10-12-22)18-27(4)24(29)20-13-15-28(16-14-20)32(30,31)23-8-6-5-7-21(23)17-26/h5-12,20H,13-16,18H2,1-4H3. The van der Waals surface area contributed by atoms with E-state index >= 15 is 0 Å². The van der Waals surface area contributed by atoms with Gasteiger partial charge in [-0.25, -0.2) is 8.42 Å². The van der Waals surface area contributed by atoms with Crippen molar-refractivity contribution in [3.63, 3.8) is 0 Å². The van der Waals surface area contributed by atoms with E-state index in [1.807, 2.05) is 6.07 Å². The van der Waals surface area contributed by atoms with E-state index in [9.17, 15) is 18.5 Å². The SMILES string of the molecule is CN(Cc1ccc(C(C)(C)C)cc1)C(=O)C1CCN(S(=O)(=O)c2ccccc2C#N)CC1. The number of hydrogen-bond acceptors (Lipinski definition) is 4. The molecule has 0 spiro atoms. The van der Waals surface area contributed by atoms with Gasteiger partial charge in [-0.1, -0.05) is 57.2 Å². The topological polar surface area (TPSA) is 81.5 Å². The molecule has 0 unspecified atom stereocenters. The lowest BCUT2D eigenvalue weighted by atomic mass is 9.86. The molecule has 0 aromatic heterocycles. The van der Waals surface area contributed by atoms with Crippen LogP contribution in [0.15, 0.2) is 53.4 Å². The van der Waals surface area contributed by atoms with Gasteiger partial charge in [0.1, 0.15) is 6.07 Å². The van der Waals surface area contributed by atoms with Crippen LogP contribution in [0.1, 0.15) is 50.3 Å². The van der Waals surface area contributed by atoms with Crippen molar-refractivity contribution >= 4 is 15.9 Å². The molecular weight excluding hydrogens is 422 g/mol. The zero-order valence-corrected chi connectivity index (χ0v) is 20.0. The van der Waals surface area contributed by atoms with Gasteiger partial charge in [-0.2, -0.15) is 9.57 Å². The van der Waals surface area contributed by atoms with E-state index in [0.717, 1.165) is 5.56 Å². The second-order valence-corrected chi connectivity index (χ2v) is 11.3. The summed E-state index contributed by atoms with van der Waals surface area (Å²) in [6.45, 7) is 7.58. The quantitative estimate of drug-likeness (QED) is 0.687. The number of nitrogens with zero attached hydrogens (tertiary/aromatic N) is 3. The normalized spacial score (nSPS) is 15.8. The summed E-state index contributed by atoms with van der Waals surface area (Å²) in [5, 5.41) is 9.25. The van der Waals surface area contributed by atoms with Crippen LogP contribution < -0.4 is 0 Å². The number of hydrogen-bond donors (Lipinski definition) is 0. The molecule has 0 bridgehead atoms. The molecule has 0 N–H and O–H groups in total. The minimum Gasteiger partial charge on any atom is -0.341 e. The Hall–Kier alpha value is -2.69. The van der Waals surface area contributed by atoms with Crippen LogP contribution in [0.5, 0.6) is 0 Å². The first-order chi connectivity index (χ1) is 15.0. The van der Waals surface area contributed by atoms with E-state index in [1.54, 1.807) is 24.1 Å². The highest BCUT2D eigenvalue weighted by Gasteiger charge is 2.34. The third-order valence-electron chi connectivity index (χ3n) is 6.04. The maximum absolute atomic E-state index is 13.0. The number of amides is 1. The van der Waals surface area contributed by atoms with Crippen molar-refractivity contribution in [2.45, 2.75) is 50.5 Å². The van der Waals surface area contributed by atoms with Gasteiger partial charge >= 0.3 is 0 Å². The number of carbonyl (C=O) groups excluding carboxylic acids is 1. The number of nitriles is 1. The first-order valence-electron chi connectivity index (χ1n) is 10.9.